The van der Waals surface area contributed by atoms with Crippen LogP contribution in [-0.2, 0) is 4.74 Å². The van der Waals surface area contributed by atoms with Crippen molar-refractivity contribution < 1.29 is 9.53 Å². The van der Waals surface area contributed by atoms with Gasteiger partial charge in [0.15, 0.2) is 11.5 Å². The maximum atomic E-state index is 13.9. The van der Waals surface area contributed by atoms with Crippen molar-refractivity contribution in [2.45, 2.75) is 13.0 Å². The van der Waals surface area contributed by atoms with E-state index in [0.717, 1.165) is 0 Å². The van der Waals surface area contributed by atoms with Gasteiger partial charge in [-0.3, -0.25) is 14.2 Å². The number of rotatable bonds is 5. The van der Waals surface area contributed by atoms with E-state index >= 15 is 0 Å². The molecular formula is C27H23N7O3. The first-order valence-corrected chi connectivity index (χ1v) is 11.5. The third-order valence-corrected chi connectivity index (χ3v) is 5.76. The van der Waals surface area contributed by atoms with Gasteiger partial charge in [-0.1, -0.05) is 36.1 Å². The van der Waals surface area contributed by atoms with E-state index in [4.69, 9.17) is 15.5 Å². The van der Waals surface area contributed by atoms with Crippen molar-refractivity contribution in [3.05, 3.63) is 94.3 Å². The van der Waals surface area contributed by atoms with Crippen molar-refractivity contribution in [3.8, 4) is 17.5 Å². The predicted octanol–water partition coefficient (Wildman–Crippen LogP) is 2.50. The zero-order chi connectivity index (χ0) is 25.9. The fourth-order valence-corrected chi connectivity index (χ4v) is 4.13. The summed E-state index contributed by atoms with van der Waals surface area (Å²) in [6.45, 7) is 1.99. The number of methoxy groups -OCH3 is 1. The van der Waals surface area contributed by atoms with Crippen LogP contribution in [0.5, 0.6) is 0 Å². The van der Waals surface area contributed by atoms with E-state index in [9.17, 15) is 9.59 Å². The second-order valence-electron chi connectivity index (χ2n) is 8.22. The minimum absolute atomic E-state index is 0.0506. The number of para-hydroxylation sites is 1. The number of carbonyl (C=O) groups excluding carboxylic acids is 1. The standard InChI is InChI=1S/C27H23N7O3/c1-17(30-26(35)22-23(28)32-33-15-8-14-29-25(22)33)24-31-20-13-6-9-18(10-7-16-37-2)21(20)27(36)34(24)19-11-4-3-5-12-19/h3-6,8-9,11-15,17H,16H2,1-2H3,(H2,28,32)(H,30,35)/t17-/m0/s1. The average molecular weight is 494 g/mol. The number of fused-ring (bicyclic) bond motifs is 2. The first kappa shape index (κ1) is 23.7. The predicted molar refractivity (Wildman–Crippen MR) is 139 cm³/mol. The Hall–Kier alpha value is -5.01. The van der Waals surface area contributed by atoms with E-state index in [1.807, 2.05) is 18.2 Å². The summed E-state index contributed by atoms with van der Waals surface area (Å²) in [4.78, 5) is 36.2. The normalized spacial score (nSPS) is 11.7. The van der Waals surface area contributed by atoms with Crippen molar-refractivity contribution in [1.82, 2.24) is 29.5 Å². The van der Waals surface area contributed by atoms with Crippen LogP contribution in [0.25, 0.3) is 22.2 Å². The Morgan fingerprint density at radius 2 is 1.97 bits per heavy atom. The van der Waals surface area contributed by atoms with Crippen LogP contribution in [0.3, 0.4) is 0 Å². The molecule has 0 aliphatic heterocycles. The monoisotopic (exact) mass is 493 g/mol. The Bertz CT molecular complexity index is 1750. The third kappa shape index (κ3) is 4.39. The van der Waals surface area contributed by atoms with Gasteiger partial charge in [0.2, 0.25) is 0 Å². The number of benzene rings is 2. The van der Waals surface area contributed by atoms with Crippen molar-refractivity contribution in [2.24, 2.45) is 0 Å². The van der Waals surface area contributed by atoms with E-state index in [1.54, 1.807) is 62.8 Å². The lowest BCUT2D eigenvalue weighted by atomic mass is 10.1. The highest BCUT2D eigenvalue weighted by atomic mass is 16.5. The second kappa shape index (κ2) is 9.93. The maximum Gasteiger partial charge on any atom is 0.267 e. The Morgan fingerprint density at radius 1 is 1.16 bits per heavy atom. The first-order chi connectivity index (χ1) is 18.0. The number of nitrogens with one attached hydrogen (secondary N) is 1. The molecule has 3 N–H and O–H groups in total. The van der Waals surface area contributed by atoms with Gasteiger partial charge in [-0.2, -0.15) is 0 Å². The Labute approximate surface area is 211 Å². The molecule has 5 rings (SSSR count). The lowest BCUT2D eigenvalue weighted by Gasteiger charge is -2.20. The second-order valence-corrected chi connectivity index (χ2v) is 8.22. The number of aromatic nitrogens is 5. The number of amides is 1. The topological polar surface area (TPSA) is 129 Å². The molecule has 0 saturated heterocycles. The lowest BCUT2D eigenvalue weighted by Crippen LogP contribution is -2.33. The smallest absolute Gasteiger partial charge is 0.267 e. The molecule has 0 spiro atoms. The third-order valence-electron chi connectivity index (χ3n) is 5.76. The van der Waals surface area contributed by atoms with Gasteiger partial charge in [0.25, 0.3) is 11.5 Å². The molecule has 2 aromatic carbocycles. The van der Waals surface area contributed by atoms with Crippen molar-refractivity contribution in [2.75, 3.05) is 19.5 Å². The summed E-state index contributed by atoms with van der Waals surface area (Å²) >= 11 is 0. The quantitative estimate of drug-likeness (QED) is 0.360. The molecule has 0 fully saturated rings. The lowest BCUT2D eigenvalue weighted by molar-refractivity contribution is 0.0940. The van der Waals surface area contributed by atoms with E-state index in [0.29, 0.717) is 33.6 Å². The molecule has 0 unspecified atom stereocenters. The summed E-state index contributed by atoms with van der Waals surface area (Å²) in [7, 11) is 1.56. The molecule has 0 radical (unpaired) electrons. The van der Waals surface area contributed by atoms with Crippen molar-refractivity contribution >= 4 is 28.3 Å². The van der Waals surface area contributed by atoms with Gasteiger partial charge >= 0.3 is 0 Å². The Kier molecular flexibility index (Phi) is 6.36. The van der Waals surface area contributed by atoms with Gasteiger partial charge in [-0.05, 0) is 37.3 Å². The van der Waals surface area contributed by atoms with Gasteiger partial charge in [0.1, 0.15) is 18.0 Å². The summed E-state index contributed by atoms with van der Waals surface area (Å²) in [5.41, 5.74) is 7.83. The Balaban J connectivity index is 1.64. The fraction of sp³-hybridized carbons (Fsp3) is 0.148. The van der Waals surface area contributed by atoms with Gasteiger partial charge in [-0.25, -0.2) is 14.5 Å². The summed E-state index contributed by atoms with van der Waals surface area (Å²) in [5.74, 6) is 5.82. The molecule has 10 heteroatoms. The van der Waals surface area contributed by atoms with Crippen LogP contribution in [0, 0.1) is 11.8 Å². The molecule has 10 nitrogen and oxygen atoms in total. The molecule has 0 aliphatic rings. The Morgan fingerprint density at radius 3 is 2.76 bits per heavy atom. The molecular weight excluding hydrogens is 470 g/mol. The van der Waals surface area contributed by atoms with Gasteiger partial charge < -0.3 is 15.8 Å². The van der Waals surface area contributed by atoms with Gasteiger partial charge in [-0.15, -0.1) is 5.10 Å². The van der Waals surface area contributed by atoms with Crippen molar-refractivity contribution in [1.29, 1.82) is 0 Å². The summed E-state index contributed by atoms with van der Waals surface area (Å²) < 4.78 is 7.95. The number of hydrogen-bond donors (Lipinski definition) is 2. The largest absolute Gasteiger partial charge is 0.381 e. The van der Waals surface area contributed by atoms with Gasteiger partial charge in [0.05, 0.1) is 22.6 Å². The van der Waals surface area contributed by atoms with E-state index < -0.39 is 11.9 Å². The molecule has 37 heavy (non-hydrogen) atoms. The molecule has 1 atom stereocenters. The number of carbonyl (C=O) groups is 1. The highest BCUT2D eigenvalue weighted by Gasteiger charge is 2.24. The molecule has 0 saturated carbocycles. The van der Waals surface area contributed by atoms with Gasteiger partial charge in [0, 0.05) is 25.1 Å². The first-order valence-electron chi connectivity index (χ1n) is 11.5. The number of nitrogen functional groups attached to an aromatic ring is 1. The van der Waals surface area contributed by atoms with E-state index in [1.165, 1.54) is 9.08 Å². The molecule has 0 bridgehead atoms. The van der Waals surface area contributed by atoms with Crippen LogP contribution in [0.1, 0.15) is 34.7 Å². The highest BCUT2D eigenvalue weighted by molar-refractivity contribution is 6.04. The number of hydrogen-bond acceptors (Lipinski definition) is 7. The minimum atomic E-state index is -0.675. The number of nitrogens with two attached hydrogens (primary N) is 1. The van der Waals surface area contributed by atoms with E-state index in [-0.39, 0.29) is 23.5 Å². The van der Waals surface area contributed by atoms with Crippen LogP contribution < -0.4 is 16.6 Å². The molecule has 3 aromatic heterocycles. The van der Waals surface area contributed by atoms with Crippen LogP contribution >= 0.6 is 0 Å². The fourth-order valence-electron chi connectivity index (χ4n) is 4.13. The zero-order valence-electron chi connectivity index (χ0n) is 20.2. The SMILES string of the molecule is COCC#Cc1cccc2nc([C@H](C)NC(=O)c3c(N)nn4cccnc34)n(-c3ccccc3)c(=O)c12. The molecule has 1 amide bonds. The summed E-state index contributed by atoms with van der Waals surface area (Å²) in [6.07, 6.45) is 3.21. The van der Waals surface area contributed by atoms with Crippen LogP contribution in [0.4, 0.5) is 5.82 Å². The zero-order valence-corrected chi connectivity index (χ0v) is 20.2. The van der Waals surface area contributed by atoms with Crippen LogP contribution in [0.15, 0.2) is 71.8 Å². The molecule has 5 aromatic rings. The highest BCUT2D eigenvalue weighted by Crippen LogP contribution is 2.22. The number of nitrogens with zero attached hydrogens (tertiary/aromatic N) is 5. The minimum Gasteiger partial charge on any atom is -0.381 e. The number of anilines is 1. The molecule has 0 aliphatic carbocycles. The summed E-state index contributed by atoms with van der Waals surface area (Å²) in [5, 5.41) is 7.45. The molecule has 3 heterocycles. The van der Waals surface area contributed by atoms with Crippen LogP contribution in [-0.4, -0.2) is 43.8 Å². The number of ether oxygens (including phenoxy) is 1. The van der Waals surface area contributed by atoms with Crippen LogP contribution in [0.2, 0.25) is 0 Å². The molecule has 184 valence electrons. The van der Waals surface area contributed by atoms with E-state index in [2.05, 4.69) is 27.2 Å². The average Bonchev–Trinajstić information content (AvgIpc) is 3.24. The van der Waals surface area contributed by atoms with Crippen molar-refractivity contribution in [3.63, 3.8) is 0 Å². The maximum absolute atomic E-state index is 13.9. The summed E-state index contributed by atoms with van der Waals surface area (Å²) in [6, 6.07) is 15.4.